The van der Waals surface area contributed by atoms with Crippen molar-refractivity contribution in [3.8, 4) is 5.75 Å². The first kappa shape index (κ1) is 18.1. The van der Waals surface area contributed by atoms with E-state index in [1.165, 1.54) is 6.92 Å². The lowest BCUT2D eigenvalue weighted by atomic mass is 10.1. The van der Waals surface area contributed by atoms with Gasteiger partial charge >= 0.3 is 6.18 Å². The minimum absolute atomic E-state index is 0.0852. The normalized spacial score (nSPS) is 11.5. The first-order chi connectivity index (χ1) is 11.2. The van der Waals surface area contributed by atoms with Gasteiger partial charge in [0.2, 0.25) is 5.16 Å². The van der Waals surface area contributed by atoms with Crippen LogP contribution in [0.5, 0.6) is 5.75 Å². The van der Waals surface area contributed by atoms with Crippen molar-refractivity contribution in [2.45, 2.75) is 30.9 Å². The highest BCUT2D eigenvalue weighted by Gasteiger charge is 2.38. The van der Waals surface area contributed by atoms with Crippen LogP contribution in [0.1, 0.15) is 35.6 Å². The van der Waals surface area contributed by atoms with Crippen LogP contribution in [0.4, 0.5) is 13.2 Å². The van der Waals surface area contributed by atoms with Gasteiger partial charge in [-0.15, -0.1) is 10.2 Å². The maximum atomic E-state index is 12.7. The van der Waals surface area contributed by atoms with Crippen molar-refractivity contribution in [1.29, 1.82) is 0 Å². The molecule has 6 nitrogen and oxygen atoms in total. The zero-order valence-corrected chi connectivity index (χ0v) is 13.7. The minimum Gasteiger partial charge on any atom is -0.494 e. The maximum Gasteiger partial charge on any atom is 0.453 e. The number of ether oxygens (including phenoxy) is 1. The molecule has 24 heavy (non-hydrogen) atoms. The van der Waals surface area contributed by atoms with Crippen molar-refractivity contribution in [2.75, 3.05) is 12.4 Å². The average Bonchev–Trinajstić information content (AvgIpc) is 2.87. The van der Waals surface area contributed by atoms with Crippen molar-refractivity contribution < 1.29 is 22.7 Å². The third-order valence-corrected chi connectivity index (χ3v) is 4.03. The zero-order valence-electron chi connectivity index (χ0n) is 12.9. The molecule has 2 rings (SSSR count). The molecule has 0 saturated carbocycles. The lowest BCUT2D eigenvalue weighted by molar-refractivity contribution is -0.146. The molecular weight excluding hydrogens is 345 g/mol. The first-order valence-electron chi connectivity index (χ1n) is 6.91. The van der Waals surface area contributed by atoms with E-state index in [0.717, 1.165) is 11.8 Å². The Labute approximate surface area is 140 Å². The summed E-state index contributed by atoms with van der Waals surface area (Å²) in [5, 5.41) is 6.43. The molecule has 0 amide bonds. The van der Waals surface area contributed by atoms with Gasteiger partial charge in [-0.25, -0.2) is 4.68 Å². The Balaban J connectivity index is 2.23. The Morgan fingerprint density at radius 1 is 1.38 bits per heavy atom. The van der Waals surface area contributed by atoms with Crippen molar-refractivity contribution in [2.24, 2.45) is 0 Å². The number of aromatic nitrogens is 3. The van der Waals surface area contributed by atoms with Crippen molar-refractivity contribution >= 4 is 17.5 Å². The van der Waals surface area contributed by atoms with Gasteiger partial charge in [0.25, 0.3) is 5.82 Å². The number of alkyl halides is 3. The molecule has 0 aliphatic carbocycles. The van der Waals surface area contributed by atoms with E-state index in [1.54, 1.807) is 18.2 Å². The second kappa shape index (κ2) is 7.12. The zero-order chi connectivity index (χ0) is 17.9. The van der Waals surface area contributed by atoms with Crippen LogP contribution in [0.2, 0.25) is 0 Å². The maximum absolute atomic E-state index is 12.7. The highest BCUT2D eigenvalue weighted by atomic mass is 32.2. The molecule has 0 atom stereocenters. The standard InChI is InChI=1S/C14H15F3N4O2S/c1-3-23-11-5-4-9(8(2)22)6-10(11)7-24-13-20-19-12(21(13)18)14(15,16)17/h4-6H,3,7,18H2,1-2H3. The second-order valence-corrected chi connectivity index (χ2v) is 5.72. The summed E-state index contributed by atoms with van der Waals surface area (Å²) in [6.07, 6.45) is -4.68. The molecule has 0 fully saturated rings. The number of hydrogen-bond donors (Lipinski definition) is 1. The Bertz CT molecular complexity index is 746. The SMILES string of the molecule is CCOc1ccc(C(C)=O)cc1CSc1nnc(C(F)(F)F)n1N. The summed E-state index contributed by atoms with van der Waals surface area (Å²) in [7, 11) is 0. The summed E-state index contributed by atoms with van der Waals surface area (Å²) < 4.78 is 43.9. The van der Waals surface area contributed by atoms with E-state index in [1.807, 2.05) is 6.92 Å². The fraction of sp³-hybridized carbons (Fsp3) is 0.357. The molecule has 10 heteroatoms. The quantitative estimate of drug-likeness (QED) is 0.484. The number of nitrogens with two attached hydrogens (primary N) is 1. The van der Waals surface area contributed by atoms with Crippen LogP contribution in [-0.4, -0.2) is 27.3 Å². The van der Waals surface area contributed by atoms with E-state index in [9.17, 15) is 18.0 Å². The monoisotopic (exact) mass is 360 g/mol. The molecule has 0 aliphatic heterocycles. The molecule has 0 aliphatic rings. The first-order valence-corrected chi connectivity index (χ1v) is 7.89. The molecule has 0 unspecified atom stereocenters. The van der Waals surface area contributed by atoms with Crippen LogP contribution in [0.15, 0.2) is 23.4 Å². The molecule has 0 saturated heterocycles. The molecule has 1 aromatic carbocycles. The largest absolute Gasteiger partial charge is 0.494 e. The van der Waals surface area contributed by atoms with E-state index in [2.05, 4.69) is 10.2 Å². The molecule has 1 heterocycles. The van der Waals surface area contributed by atoms with Gasteiger partial charge in [0.05, 0.1) is 6.61 Å². The summed E-state index contributed by atoms with van der Waals surface area (Å²) in [6, 6.07) is 4.93. The number of nitrogen functional groups attached to an aromatic ring is 1. The fourth-order valence-corrected chi connectivity index (χ4v) is 2.75. The van der Waals surface area contributed by atoms with Gasteiger partial charge in [0.15, 0.2) is 5.78 Å². The summed E-state index contributed by atoms with van der Waals surface area (Å²) >= 11 is 0.971. The Hall–Kier alpha value is -2.23. The van der Waals surface area contributed by atoms with Gasteiger partial charge in [-0.3, -0.25) is 4.79 Å². The molecule has 2 N–H and O–H groups in total. The van der Waals surface area contributed by atoms with Crippen LogP contribution in [0, 0.1) is 0 Å². The number of ketones is 1. The third kappa shape index (κ3) is 3.99. The van der Waals surface area contributed by atoms with Crippen LogP contribution < -0.4 is 10.6 Å². The van der Waals surface area contributed by atoms with Gasteiger partial charge in [0, 0.05) is 16.9 Å². The Morgan fingerprint density at radius 3 is 2.62 bits per heavy atom. The van der Waals surface area contributed by atoms with E-state index >= 15 is 0 Å². The highest BCUT2D eigenvalue weighted by Crippen LogP contribution is 2.31. The van der Waals surface area contributed by atoms with E-state index < -0.39 is 12.0 Å². The Morgan fingerprint density at radius 2 is 2.08 bits per heavy atom. The molecule has 0 spiro atoms. The van der Waals surface area contributed by atoms with Crippen LogP contribution >= 0.6 is 11.8 Å². The summed E-state index contributed by atoms with van der Waals surface area (Å²) in [6.45, 7) is 3.66. The van der Waals surface area contributed by atoms with Crippen molar-refractivity contribution in [3.05, 3.63) is 35.2 Å². The molecule has 0 radical (unpaired) electrons. The van der Waals surface area contributed by atoms with Crippen LogP contribution in [0.3, 0.4) is 0 Å². The number of benzene rings is 1. The lowest BCUT2D eigenvalue weighted by Gasteiger charge is -2.11. The van der Waals surface area contributed by atoms with E-state index in [-0.39, 0.29) is 16.7 Å². The van der Waals surface area contributed by atoms with Gasteiger partial charge in [-0.05, 0) is 32.0 Å². The third-order valence-electron chi connectivity index (χ3n) is 3.04. The number of rotatable bonds is 6. The minimum atomic E-state index is -4.68. The number of halogens is 3. The molecule has 0 bridgehead atoms. The second-order valence-electron chi connectivity index (χ2n) is 4.77. The fourth-order valence-electron chi connectivity index (χ4n) is 1.92. The van der Waals surface area contributed by atoms with Gasteiger partial charge in [0.1, 0.15) is 5.75 Å². The lowest BCUT2D eigenvalue weighted by Crippen LogP contribution is -2.21. The molecule has 1 aromatic heterocycles. The Kier molecular flexibility index (Phi) is 5.37. The van der Waals surface area contributed by atoms with E-state index in [4.69, 9.17) is 10.6 Å². The van der Waals surface area contributed by atoms with Crippen molar-refractivity contribution in [1.82, 2.24) is 14.9 Å². The van der Waals surface area contributed by atoms with Gasteiger partial charge in [-0.1, -0.05) is 11.8 Å². The topological polar surface area (TPSA) is 83.0 Å². The van der Waals surface area contributed by atoms with Gasteiger partial charge < -0.3 is 10.6 Å². The smallest absolute Gasteiger partial charge is 0.453 e. The number of Topliss-reactive ketones (excluding diaryl/α,β-unsaturated/α-hetero) is 1. The number of thioether (sulfide) groups is 1. The highest BCUT2D eigenvalue weighted by molar-refractivity contribution is 7.98. The summed E-state index contributed by atoms with van der Waals surface area (Å²) in [4.78, 5) is 11.5. The predicted octanol–water partition coefficient (Wildman–Crippen LogP) is 2.90. The predicted molar refractivity (Wildman–Crippen MR) is 82.4 cm³/mol. The van der Waals surface area contributed by atoms with Crippen molar-refractivity contribution in [3.63, 3.8) is 0 Å². The summed E-state index contributed by atoms with van der Waals surface area (Å²) in [5.74, 6) is 4.78. The number of carbonyl (C=O) groups is 1. The molecule has 2 aromatic rings. The average molecular weight is 360 g/mol. The van der Waals surface area contributed by atoms with Crippen LogP contribution in [-0.2, 0) is 11.9 Å². The number of nitrogens with zero attached hydrogens (tertiary/aromatic N) is 3. The van der Waals surface area contributed by atoms with Crippen LogP contribution in [0.25, 0.3) is 0 Å². The van der Waals surface area contributed by atoms with E-state index in [0.29, 0.717) is 28.2 Å². The summed E-state index contributed by atoms with van der Waals surface area (Å²) in [5.41, 5.74) is 1.14. The molecule has 130 valence electrons. The van der Waals surface area contributed by atoms with Gasteiger partial charge in [-0.2, -0.15) is 13.2 Å². The number of carbonyl (C=O) groups excluding carboxylic acids is 1. The number of hydrogen-bond acceptors (Lipinski definition) is 6. The molecular formula is C14H15F3N4O2S.